The van der Waals surface area contributed by atoms with Gasteiger partial charge < -0.3 is 14.4 Å². The molecule has 0 bridgehead atoms. The number of carbonyl (C=O) groups excluding carboxylic acids is 1. The molecule has 0 saturated heterocycles. The highest BCUT2D eigenvalue weighted by atomic mass is 16.5. The minimum absolute atomic E-state index is 0.00880. The number of amides is 1. The first-order valence-corrected chi connectivity index (χ1v) is 6.79. The van der Waals surface area contributed by atoms with E-state index >= 15 is 0 Å². The molecule has 1 aromatic rings. The van der Waals surface area contributed by atoms with Crippen LogP contribution in [0, 0.1) is 0 Å². The largest absolute Gasteiger partial charge is 0.490 e. The van der Waals surface area contributed by atoms with Crippen LogP contribution in [0.2, 0.25) is 0 Å². The van der Waals surface area contributed by atoms with Gasteiger partial charge in [-0.3, -0.25) is 4.79 Å². The quantitative estimate of drug-likeness (QED) is 0.761. The summed E-state index contributed by atoms with van der Waals surface area (Å²) in [5.41, 5.74) is 0.622. The summed E-state index contributed by atoms with van der Waals surface area (Å²) in [4.78, 5) is 13.8. The summed E-state index contributed by atoms with van der Waals surface area (Å²) in [6.45, 7) is 7.77. The Bertz CT molecular complexity index is 418. The third-order valence-electron chi connectivity index (χ3n) is 2.77. The van der Waals surface area contributed by atoms with Crippen LogP contribution < -0.4 is 9.47 Å². The summed E-state index contributed by atoms with van der Waals surface area (Å²) < 4.78 is 11.2. The number of rotatable bonds is 7. The van der Waals surface area contributed by atoms with E-state index in [1.807, 2.05) is 13.8 Å². The van der Waals surface area contributed by atoms with E-state index < -0.39 is 0 Å². The second-order valence-electron chi connectivity index (χ2n) is 4.26. The summed E-state index contributed by atoms with van der Waals surface area (Å²) in [7, 11) is 1.78. The van der Waals surface area contributed by atoms with Gasteiger partial charge in [0.05, 0.1) is 13.2 Å². The summed E-state index contributed by atoms with van der Waals surface area (Å²) >= 11 is 0. The smallest absolute Gasteiger partial charge is 0.253 e. The highest BCUT2D eigenvalue weighted by molar-refractivity contribution is 5.94. The van der Waals surface area contributed by atoms with Gasteiger partial charge >= 0.3 is 0 Å². The molecule has 4 heteroatoms. The van der Waals surface area contributed by atoms with E-state index in [0.29, 0.717) is 36.8 Å². The minimum Gasteiger partial charge on any atom is -0.490 e. The lowest BCUT2D eigenvalue weighted by Gasteiger charge is -2.16. The van der Waals surface area contributed by atoms with Gasteiger partial charge in [0.2, 0.25) is 0 Å². The number of benzene rings is 1. The van der Waals surface area contributed by atoms with Gasteiger partial charge in [-0.05, 0) is 38.5 Å². The molecule has 1 aromatic carbocycles. The average molecular weight is 265 g/mol. The van der Waals surface area contributed by atoms with Crippen molar-refractivity contribution in [2.24, 2.45) is 0 Å². The van der Waals surface area contributed by atoms with Crippen LogP contribution in [0.5, 0.6) is 11.5 Å². The number of carbonyl (C=O) groups is 1. The third kappa shape index (κ3) is 4.16. The van der Waals surface area contributed by atoms with Crippen LogP contribution in [-0.2, 0) is 0 Å². The monoisotopic (exact) mass is 265 g/mol. The van der Waals surface area contributed by atoms with Crippen molar-refractivity contribution in [2.45, 2.75) is 27.2 Å². The molecule has 0 saturated carbocycles. The molecule has 0 atom stereocenters. The van der Waals surface area contributed by atoms with E-state index in [0.717, 1.165) is 6.42 Å². The molecule has 4 nitrogen and oxygen atoms in total. The second kappa shape index (κ2) is 7.67. The molecule has 1 rings (SSSR count). The molecule has 0 aliphatic carbocycles. The fourth-order valence-electron chi connectivity index (χ4n) is 1.60. The van der Waals surface area contributed by atoms with Crippen molar-refractivity contribution in [1.82, 2.24) is 4.90 Å². The lowest BCUT2D eigenvalue weighted by Crippen LogP contribution is -2.26. The Labute approximate surface area is 115 Å². The Morgan fingerprint density at radius 1 is 1.16 bits per heavy atom. The third-order valence-corrected chi connectivity index (χ3v) is 2.77. The molecule has 0 unspecified atom stereocenters. The molecule has 0 N–H and O–H groups in total. The van der Waals surface area contributed by atoms with E-state index in [1.165, 1.54) is 0 Å². The Morgan fingerprint density at radius 3 is 2.47 bits per heavy atom. The van der Waals surface area contributed by atoms with Crippen LogP contribution in [0.4, 0.5) is 0 Å². The number of ether oxygens (including phenoxy) is 2. The lowest BCUT2D eigenvalue weighted by molar-refractivity contribution is 0.0802. The summed E-state index contributed by atoms with van der Waals surface area (Å²) in [6.07, 6.45) is 0.935. The van der Waals surface area contributed by atoms with Crippen LogP contribution in [0.15, 0.2) is 18.2 Å². The summed E-state index contributed by atoms with van der Waals surface area (Å²) in [6, 6.07) is 5.34. The molecule has 0 fully saturated rings. The molecule has 0 aliphatic rings. The normalized spacial score (nSPS) is 10.1. The summed E-state index contributed by atoms with van der Waals surface area (Å²) in [5, 5.41) is 0. The number of hydrogen-bond donors (Lipinski definition) is 0. The van der Waals surface area contributed by atoms with Crippen molar-refractivity contribution < 1.29 is 14.3 Å². The van der Waals surface area contributed by atoms with E-state index in [-0.39, 0.29) is 5.91 Å². The van der Waals surface area contributed by atoms with Gasteiger partial charge in [-0.25, -0.2) is 0 Å². The van der Waals surface area contributed by atoms with Crippen molar-refractivity contribution >= 4 is 5.91 Å². The zero-order valence-electron chi connectivity index (χ0n) is 12.2. The number of hydrogen-bond acceptors (Lipinski definition) is 3. The molecule has 0 radical (unpaired) electrons. The minimum atomic E-state index is -0.00880. The van der Waals surface area contributed by atoms with E-state index in [4.69, 9.17) is 9.47 Å². The molecule has 0 aromatic heterocycles. The predicted octanol–water partition coefficient (Wildman–Crippen LogP) is 2.97. The predicted molar refractivity (Wildman–Crippen MR) is 76.0 cm³/mol. The van der Waals surface area contributed by atoms with Crippen LogP contribution in [0.1, 0.15) is 37.6 Å². The van der Waals surface area contributed by atoms with Gasteiger partial charge in [0, 0.05) is 19.2 Å². The zero-order chi connectivity index (χ0) is 14.3. The van der Waals surface area contributed by atoms with Gasteiger partial charge in [0.15, 0.2) is 11.5 Å². The average Bonchev–Trinajstić information content (AvgIpc) is 2.44. The highest BCUT2D eigenvalue weighted by Crippen LogP contribution is 2.29. The second-order valence-corrected chi connectivity index (χ2v) is 4.26. The molecule has 0 aliphatic heterocycles. The Hall–Kier alpha value is -1.71. The van der Waals surface area contributed by atoms with Gasteiger partial charge in [-0.15, -0.1) is 0 Å². The Morgan fingerprint density at radius 2 is 1.89 bits per heavy atom. The van der Waals surface area contributed by atoms with Crippen molar-refractivity contribution in [3.05, 3.63) is 23.8 Å². The lowest BCUT2D eigenvalue weighted by atomic mass is 10.1. The molecule has 0 spiro atoms. The molecule has 106 valence electrons. The van der Waals surface area contributed by atoms with Crippen LogP contribution in [0.25, 0.3) is 0 Å². The van der Waals surface area contributed by atoms with Crippen molar-refractivity contribution in [2.75, 3.05) is 26.8 Å². The first kappa shape index (κ1) is 15.3. The number of nitrogens with zero attached hydrogens (tertiary/aromatic N) is 1. The summed E-state index contributed by atoms with van der Waals surface area (Å²) in [5.74, 6) is 1.32. The maximum Gasteiger partial charge on any atom is 0.253 e. The Kier molecular flexibility index (Phi) is 6.19. The zero-order valence-corrected chi connectivity index (χ0v) is 12.2. The maximum absolute atomic E-state index is 12.1. The van der Waals surface area contributed by atoms with Crippen molar-refractivity contribution in [3.63, 3.8) is 0 Å². The van der Waals surface area contributed by atoms with Gasteiger partial charge in [0.1, 0.15) is 0 Å². The standard InChI is InChI=1S/C15H23NO3/c1-5-10-19-13-9-8-12(11-14(13)18-7-3)15(17)16(4)6-2/h8-9,11H,5-7,10H2,1-4H3. The first-order valence-electron chi connectivity index (χ1n) is 6.79. The molecule has 19 heavy (non-hydrogen) atoms. The van der Waals surface area contributed by atoms with Gasteiger partial charge in [0.25, 0.3) is 5.91 Å². The van der Waals surface area contributed by atoms with Crippen LogP contribution in [-0.4, -0.2) is 37.6 Å². The Balaban J connectivity index is 2.97. The SMILES string of the molecule is CCCOc1ccc(C(=O)N(C)CC)cc1OCC. The van der Waals surface area contributed by atoms with Crippen LogP contribution >= 0.6 is 0 Å². The first-order chi connectivity index (χ1) is 9.13. The van der Waals surface area contributed by atoms with Crippen molar-refractivity contribution in [1.29, 1.82) is 0 Å². The van der Waals surface area contributed by atoms with Gasteiger partial charge in [-0.2, -0.15) is 0 Å². The van der Waals surface area contributed by atoms with Gasteiger partial charge in [-0.1, -0.05) is 6.92 Å². The molecular formula is C15H23NO3. The van der Waals surface area contributed by atoms with E-state index in [9.17, 15) is 4.79 Å². The fourth-order valence-corrected chi connectivity index (χ4v) is 1.60. The maximum atomic E-state index is 12.1. The van der Waals surface area contributed by atoms with Crippen molar-refractivity contribution in [3.8, 4) is 11.5 Å². The molecule has 1 amide bonds. The van der Waals surface area contributed by atoms with Crippen LogP contribution in [0.3, 0.4) is 0 Å². The topological polar surface area (TPSA) is 38.8 Å². The molecular weight excluding hydrogens is 242 g/mol. The van der Waals surface area contributed by atoms with E-state index in [2.05, 4.69) is 6.92 Å². The highest BCUT2D eigenvalue weighted by Gasteiger charge is 2.14. The van der Waals surface area contributed by atoms with E-state index in [1.54, 1.807) is 30.1 Å². The fraction of sp³-hybridized carbons (Fsp3) is 0.533. The molecule has 0 heterocycles.